The van der Waals surface area contributed by atoms with E-state index < -0.39 is 0 Å². The number of amides is 1. The van der Waals surface area contributed by atoms with Crippen LogP contribution in [0.15, 0.2) is 6.20 Å². The molecule has 5 heteroatoms. The molecule has 0 radical (unpaired) electrons. The molecule has 21 heavy (non-hydrogen) atoms. The van der Waals surface area contributed by atoms with Crippen LogP contribution in [0.4, 0.5) is 0 Å². The summed E-state index contributed by atoms with van der Waals surface area (Å²) in [6.07, 6.45) is 9.07. The Hall–Kier alpha value is -1.36. The molecule has 0 aromatic carbocycles. The van der Waals surface area contributed by atoms with Gasteiger partial charge in [0.2, 0.25) is 5.91 Å². The van der Waals surface area contributed by atoms with Gasteiger partial charge >= 0.3 is 0 Å². The number of rotatable bonds is 4. The van der Waals surface area contributed by atoms with Gasteiger partial charge < -0.3 is 10.2 Å². The van der Waals surface area contributed by atoms with E-state index in [1.807, 2.05) is 6.20 Å². The van der Waals surface area contributed by atoms with Crippen LogP contribution in [0.2, 0.25) is 0 Å². The van der Waals surface area contributed by atoms with Gasteiger partial charge in [0.1, 0.15) is 0 Å². The fraction of sp³-hybridized carbons (Fsp3) is 0.750. The molecule has 2 N–H and O–H groups in total. The van der Waals surface area contributed by atoms with E-state index >= 15 is 0 Å². The summed E-state index contributed by atoms with van der Waals surface area (Å²) in [6, 6.07) is 0.280. The van der Waals surface area contributed by atoms with Gasteiger partial charge in [-0.15, -0.1) is 0 Å². The Morgan fingerprint density at radius 3 is 3.05 bits per heavy atom. The summed E-state index contributed by atoms with van der Waals surface area (Å²) in [4.78, 5) is 14.5. The first kappa shape index (κ1) is 14.6. The number of H-pyrrole nitrogens is 1. The summed E-state index contributed by atoms with van der Waals surface area (Å²) in [5, 5.41) is 10.3. The topological polar surface area (TPSA) is 61.0 Å². The third kappa shape index (κ3) is 3.84. The maximum Gasteiger partial charge on any atom is 0.220 e. The molecule has 1 aromatic heterocycles. The number of carbonyl (C=O) groups excluding carboxylic acids is 1. The Bertz CT molecular complexity index is 476. The van der Waals surface area contributed by atoms with E-state index in [-0.39, 0.29) is 11.9 Å². The quantitative estimate of drug-likeness (QED) is 0.883. The highest BCUT2D eigenvalue weighted by Crippen LogP contribution is 2.22. The molecule has 1 atom stereocenters. The van der Waals surface area contributed by atoms with Crippen LogP contribution in [0.3, 0.4) is 0 Å². The van der Waals surface area contributed by atoms with Gasteiger partial charge in [-0.1, -0.05) is 0 Å². The van der Waals surface area contributed by atoms with Crippen molar-refractivity contribution in [1.82, 2.24) is 20.4 Å². The maximum absolute atomic E-state index is 12.1. The van der Waals surface area contributed by atoms with E-state index in [1.165, 1.54) is 37.2 Å². The molecule has 0 spiro atoms. The van der Waals surface area contributed by atoms with Crippen molar-refractivity contribution in [2.45, 2.75) is 51.0 Å². The Kier molecular flexibility index (Phi) is 4.58. The molecule has 2 heterocycles. The van der Waals surface area contributed by atoms with Crippen LogP contribution in [-0.2, 0) is 17.6 Å². The Morgan fingerprint density at radius 1 is 1.43 bits per heavy atom. The largest absolute Gasteiger partial charge is 0.353 e. The van der Waals surface area contributed by atoms with Crippen molar-refractivity contribution in [3.8, 4) is 0 Å². The molecule has 1 amide bonds. The maximum atomic E-state index is 12.1. The zero-order valence-electron chi connectivity index (χ0n) is 12.9. The predicted molar refractivity (Wildman–Crippen MR) is 82.0 cm³/mol. The number of hydrogen-bond donors (Lipinski definition) is 2. The van der Waals surface area contributed by atoms with Gasteiger partial charge in [0.15, 0.2) is 0 Å². The van der Waals surface area contributed by atoms with Crippen LogP contribution in [0, 0.1) is 5.92 Å². The molecule has 1 aliphatic carbocycles. The van der Waals surface area contributed by atoms with E-state index in [1.54, 1.807) is 0 Å². The standard InChI is InChI=1S/C16H26N4O/c1-20-8-6-12(7-9-20)2-5-16(21)18-14-4-3-13-11-17-19-15(13)10-14/h11-12,14H,2-10H2,1H3,(H,17,19)(H,18,21)/t14-/m0/s1. The Morgan fingerprint density at radius 2 is 2.24 bits per heavy atom. The summed E-state index contributed by atoms with van der Waals surface area (Å²) < 4.78 is 0. The van der Waals surface area contributed by atoms with Crippen molar-refractivity contribution in [3.05, 3.63) is 17.5 Å². The SMILES string of the molecule is CN1CCC(CCC(=O)N[C@H]2CCc3cn[nH]c3C2)CC1. The summed E-state index contributed by atoms with van der Waals surface area (Å²) in [7, 11) is 2.18. The Labute approximate surface area is 126 Å². The third-order valence-corrected chi connectivity index (χ3v) is 5.00. The zero-order chi connectivity index (χ0) is 14.7. The lowest BCUT2D eigenvalue weighted by molar-refractivity contribution is -0.122. The minimum atomic E-state index is 0.224. The van der Waals surface area contributed by atoms with Gasteiger partial charge in [0.25, 0.3) is 0 Å². The molecule has 1 aliphatic heterocycles. The van der Waals surface area contributed by atoms with Crippen LogP contribution in [0.25, 0.3) is 0 Å². The average Bonchev–Trinajstić information content (AvgIpc) is 2.94. The number of aryl methyl sites for hydroxylation is 1. The lowest BCUT2D eigenvalue weighted by atomic mass is 9.91. The molecular formula is C16H26N4O. The number of fused-ring (bicyclic) bond motifs is 1. The number of piperidine rings is 1. The van der Waals surface area contributed by atoms with E-state index in [4.69, 9.17) is 0 Å². The third-order valence-electron chi connectivity index (χ3n) is 5.00. The van der Waals surface area contributed by atoms with Gasteiger partial charge in [-0.2, -0.15) is 5.10 Å². The highest BCUT2D eigenvalue weighted by molar-refractivity contribution is 5.76. The van der Waals surface area contributed by atoms with E-state index in [2.05, 4.69) is 27.5 Å². The Balaban J connectivity index is 1.39. The van der Waals surface area contributed by atoms with Crippen LogP contribution in [0.5, 0.6) is 0 Å². The number of aromatic nitrogens is 2. The predicted octanol–water partition coefficient (Wildman–Crippen LogP) is 1.51. The number of nitrogens with zero attached hydrogens (tertiary/aromatic N) is 2. The molecule has 2 aliphatic rings. The number of hydrogen-bond acceptors (Lipinski definition) is 3. The highest BCUT2D eigenvalue weighted by atomic mass is 16.1. The summed E-state index contributed by atoms with van der Waals surface area (Å²) in [5.41, 5.74) is 2.51. The van der Waals surface area contributed by atoms with Crippen molar-refractivity contribution in [1.29, 1.82) is 0 Å². The monoisotopic (exact) mass is 290 g/mol. The van der Waals surface area contributed by atoms with E-state index in [9.17, 15) is 4.79 Å². The molecule has 3 rings (SSSR count). The average molecular weight is 290 g/mol. The van der Waals surface area contributed by atoms with Crippen molar-refractivity contribution in [2.24, 2.45) is 5.92 Å². The van der Waals surface area contributed by atoms with Crippen LogP contribution >= 0.6 is 0 Å². The number of likely N-dealkylation sites (tertiary alicyclic amines) is 1. The normalized spacial score (nSPS) is 23.8. The first-order valence-electron chi connectivity index (χ1n) is 8.19. The molecule has 1 saturated heterocycles. The molecule has 0 saturated carbocycles. The molecular weight excluding hydrogens is 264 g/mol. The zero-order valence-corrected chi connectivity index (χ0v) is 12.9. The van der Waals surface area contributed by atoms with Gasteiger partial charge in [0, 0.05) is 24.6 Å². The fourth-order valence-corrected chi connectivity index (χ4v) is 3.52. The lowest BCUT2D eigenvalue weighted by Gasteiger charge is -2.29. The first-order chi connectivity index (χ1) is 10.2. The number of carbonyl (C=O) groups is 1. The van der Waals surface area contributed by atoms with Gasteiger partial charge in [-0.05, 0) is 63.7 Å². The van der Waals surface area contributed by atoms with Crippen molar-refractivity contribution >= 4 is 5.91 Å². The van der Waals surface area contributed by atoms with Crippen LogP contribution in [-0.4, -0.2) is 47.2 Å². The molecule has 116 valence electrons. The summed E-state index contributed by atoms with van der Waals surface area (Å²) in [5.74, 6) is 0.958. The molecule has 5 nitrogen and oxygen atoms in total. The van der Waals surface area contributed by atoms with E-state index in [0.717, 1.165) is 31.6 Å². The van der Waals surface area contributed by atoms with Crippen molar-refractivity contribution in [3.63, 3.8) is 0 Å². The molecule has 0 bridgehead atoms. The minimum Gasteiger partial charge on any atom is -0.353 e. The van der Waals surface area contributed by atoms with Crippen molar-refractivity contribution in [2.75, 3.05) is 20.1 Å². The van der Waals surface area contributed by atoms with E-state index in [0.29, 0.717) is 6.42 Å². The highest BCUT2D eigenvalue weighted by Gasteiger charge is 2.22. The van der Waals surface area contributed by atoms with Crippen LogP contribution in [0.1, 0.15) is 43.4 Å². The second-order valence-electron chi connectivity index (χ2n) is 6.67. The second kappa shape index (κ2) is 6.60. The number of nitrogens with one attached hydrogen (secondary N) is 2. The summed E-state index contributed by atoms with van der Waals surface area (Å²) in [6.45, 7) is 2.36. The first-order valence-corrected chi connectivity index (χ1v) is 8.19. The summed E-state index contributed by atoms with van der Waals surface area (Å²) >= 11 is 0. The lowest BCUT2D eigenvalue weighted by Crippen LogP contribution is -2.39. The van der Waals surface area contributed by atoms with Gasteiger partial charge in [-0.25, -0.2) is 0 Å². The van der Waals surface area contributed by atoms with Gasteiger partial charge in [-0.3, -0.25) is 9.89 Å². The molecule has 1 aromatic rings. The fourth-order valence-electron chi connectivity index (χ4n) is 3.52. The van der Waals surface area contributed by atoms with Crippen LogP contribution < -0.4 is 5.32 Å². The second-order valence-corrected chi connectivity index (χ2v) is 6.67. The molecule has 0 unspecified atom stereocenters. The minimum absolute atomic E-state index is 0.224. The van der Waals surface area contributed by atoms with Crippen molar-refractivity contribution < 1.29 is 4.79 Å². The smallest absolute Gasteiger partial charge is 0.220 e. The van der Waals surface area contributed by atoms with Gasteiger partial charge in [0.05, 0.1) is 6.20 Å². The number of aromatic amines is 1. The molecule has 1 fully saturated rings.